The maximum atomic E-state index is 11.8. The second-order valence-electron chi connectivity index (χ2n) is 3.45. The monoisotopic (exact) mass is 240 g/mol. The number of carbonyl (C=O) groups excluding carboxylic acids is 2. The van der Waals surface area contributed by atoms with Gasteiger partial charge in [-0.2, -0.15) is 0 Å². The quantitative estimate of drug-likeness (QED) is 0.644. The molecule has 1 heterocycles. The number of nitrogens with zero attached hydrogens (tertiary/aromatic N) is 3. The number of carboxylic acid groups (broad SMARTS) is 1. The first-order chi connectivity index (χ1) is 7.90. The number of aromatic nitrogens is 2. The van der Waals surface area contributed by atoms with E-state index in [0.717, 1.165) is 4.90 Å². The van der Waals surface area contributed by atoms with Gasteiger partial charge in [-0.05, 0) is 0 Å². The highest BCUT2D eigenvalue weighted by Crippen LogP contribution is 2.01. The molecule has 0 fully saturated rings. The van der Waals surface area contributed by atoms with Crippen molar-refractivity contribution in [1.29, 1.82) is 0 Å². The number of primary amides is 1. The Balaban J connectivity index is 2.85. The van der Waals surface area contributed by atoms with Crippen LogP contribution in [0.15, 0.2) is 12.5 Å². The zero-order valence-electron chi connectivity index (χ0n) is 9.16. The molecular formula is C9H12N4O4. The average molecular weight is 240 g/mol. The molecule has 0 aliphatic heterocycles. The molecule has 0 bridgehead atoms. The molecular weight excluding hydrogens is 228 g/mol. The first-order valence-electron chi connectivity index (χ1n) is 4.67. The summed E-state index contributed by atoms with van der Waals surface area (Å²) in [6.45, 7) is -1.06. The third kappa shape index (κ3) is 3.59. The Morgan fingerprint density at radius 2 is 2.12 bits per heavy atom. The zero-order chi connectivity index (χ0) is 13.0. The third-order valence-corrected chi connectivity index (χ3v) is 1.88. The van der Waals surface area contributed by atoms with E-state index in [0.29, 0.717) is 0 Å². The van der Waals surface area contributed by atoms with Crippen LogP contribution in [0.5, 0.6) is 0 Å². The van der Waals surface area contributed by atoms with Crippen LogP contribution in [-0.4, -0.2) is 50.4 Å². The number of hydrogen-bond donors (Lipinski definition) is 2. The highest BCUT2D eigenvalue weighted by molar-refractivity contribution is 5.96. The third-order valence-electron chi connectivity index (χ3n) is 1.88. The molecule has 0 radical (unpaired) electrons. The highest BCUT2D eigenvalue weighted by atomic mass is 16.4. The number of amides is 2. The standard InChI is InChI=1S/C9H12N4O4/c1-12-2-6(11-5-12)9(17)13(3-7(10)14)4-8(15)16/h2,5H,3-4H2,1H3,(H2,10,14)(H,15,16). The molecule has 0 saturated carbocycles. The van der Waals surface area contributed by atoms with Crippen molar-refractivity contribution in [3.8, 4) is 0 Å². The van der Waals surface area contributed by atoms with Crippen LogP contribution in [-0.2, 0) is 16.6 Å². The van der Waals surface area contributed by atoms with Gasteiger partial charge in [-0.3, -0.25) is 14.4 Å². The highest BCUT2D eigenvalue weighted by Gasteiger charge is 2.21. The van der Waals surface area contributed by atoms with Gasteiger partial charge in [0.25, 0.3) is 5.91 Å². The van der Waals surface area contributed by atoms with Gasteiger partial charge in [0.1, 0.15) is 18.8 Å². The summed E-state index contributed by atoms with van der Waals surface area (Å²) in [5.74, 6) is -2.65. The van der Waals surface area contributed by atoms with E-state index in [2.05, 4.69) is 4.98 Å². The number of aryl methyl sites for hydroxylation is 1. The zero-order valence-corrected chi connectivity index (χ0v) is 9.16. The Morgan fingerprint density at radius 3 is 2.53 bits per heavy atom. The largest absolute Gasteiger partial charge is 0.480 e. The molecule has 0 spiro atoms. The molecule has 0 aliphatic carbocycles. The molecule has 0 atom stereocenters. The van der Waals surface area contributed by atoms with Gasteiger partial charge in [0.2, 0.25) is 5.91 Å². The van der Waals surface area contributed by atoms with E-state index < -0.39 is 30.9 Å². The Morgan fingerprint density at radius 1 is 1.47 bits per heavy atom. The molecule has 2 amide bonds. The van der Waals surface area contributed by atoms with E-state index in [1.54, 1.807) is 7.05 Å². The molecule has 8 nitrogen and oxygen atoms in total. The molecule has 0 unspecified atom stereocenters. The lowest BCUT2D eigenvalue weighted by Gasteiger charge is -2.17. The van der Waals surface area contributed by atoms with Crippen molar-refractivity contribution in [1.82, 2.24) is 14.5 Å². The Kier molecular flexibility index (Phi) is 3.81. The van der Waals surface area contributed by atoms with Crippen LogP contribution < -0.4 is 5.73 Å². The van der Waals surface area contributed by atoms with Crippen molar-refractivity contribution in [3.05, 3.63) is 18.2 Å². The molecule has 3 N–H and O–H groups in total. The topological polar surface area (TPSA) is 119 Å². The summed E-state index contributed by atoms with van der Waals surface area (Å²) in [5, 5.41) is 8.63. The summed E-state index contributed by atoms with van der Waals surface area (Å²) in [6.07, 6.45) is 2.83. The predicted molar refractivity (Wildman–Crippen MR) is 55.9 cm³/mol. The van der Waals surface area contributed by atoms with Crippen LogP contribution in [0.25, 0.3) is 0 Å². The fourth-order valence-corrected chi connectivity index (χ4v) is 1.24. The van der Waals surface area contributed by atoms with Gasteiger partial charge in [0.05, 0.1) is 6.33 Å². The van der Waals surface area contributed by atoms with Crippen LogP contribution in [0, 0.1) is 0 Å². The van der Waals surface area contributed by atoms with E-state index in [1.165, 1.54) is 17.1 Å². The van der Waals surface area contributed by atoms with Crippen molar-refractivity contribution in [2.24, 2.45) is 12.8 Å². The van der Waals surface area contributed by atoms with E-state index in [4.69, 9.17) is 10.8 Å². The minimum Gasteiger partial charge on any atom is -0.480 e. The SMILES string of the molecule is Cn1cnc(C(=O)N(CC(N)=O)CC(=O)O)c1. The Bertz CT molecular complexity index is 438. The van der Waals surface area contributed by atoms with Crippen molar-refractivity contribution >= 4 is 17.8 Å². The average Bonchev–Trinajstić information content (AvgIpc) is 2.61. The van der Waals surface area contributed by atoms with Crippen LogP contribution >= 0.6 is 0 Å². The van der Waals surface area contributed by atoms with E-state index in [-0.39, 0.29) is 5.69 Å². The smallest absolute Gasteiger partial charge is 0.323 e. The molecule has 0 aromatic carbocycles. The first-order valence-corrected chi connectivity index (χ1v) is 4.67. The predicted octanol–water partition coefficient (Wildman–Crippen LogP) is -1.57. The number of hydrogen-bond acceptors (Lipinski definition) is 4. The van der Waals surface area contributed by atoms with Gasteiger partial charge in [0, 0.05) is 13.2 Å². The fourth-order valence-electron chi connectivity index (χ4n) is 1.24. The van der Waals surface area contributed by atoms with E-state index in [1.807, 2.05) is 0 Å². The van der Waals surface area contributed by atoms with Crippen LogP contribution in [0.1, 0.15) is 10.5 Å². The van der Waals surface area contributed by atoms with Gasteiger partial charge >= 0.3 is 5.97 Å². The van der Waals surface area contributed by atoms with Gasteiger partial charge in [-0.1, -0.05) is 0 Å². The number of imidazole rings is 1. The van der Waals surface area contributed by atoms with Gasteiger partial charge in [-0.15, -0.1) is 0 Å². The second-order valence-corrected chi connectivity index (χ2v) is 3.45. The lowest BCUT2D eigenvalue weighted by molar-refractivity contribution is -0.138. The lowest BCUT2D eigenvalue weighted by Crippen LogP contribution is -2.41. The molecule has 92 valence electrons. The number of nitrogens with two attached hydrogens (primary N) is 1. The summed E-state index contributed by atoms with van der Waals surface area (Å²) in [5.41, 5.74) is 5.00. The second kappa shape index (κ2) is 5.10. The van der Waals surface area contributed by atoms with E-state index in [9.17, 15) is 14.4 Å². The molecule has 0 saturated heterocycles. The van der Waals surface area contributed by atoms with Crippen molar-refractivity contribution in [2.45, 2.75) is 0 Å². The summed E-state index contributed by atoms with van der Waals surface area (Å²) in [4.78, 5) is 37.7. The normalized spacial score (nSPS) is 9.94. The maximum Gasteiger partial charge on any atom is 0.323 e. The molecule has 1 aromatic heterocycles. The van der Waals surface area contributed by atoms with E-state index >= 15 is 0 Å². The number of aliphatic carboxylic acids is 1. The summed E-state index contributed by atoms with van der Waals surface area (Å²) < 4.78 is 1.54. The molecule has 1 rings (SSSR count). The lowest BCUT2D eigenvalue weighted by atomic mass is 10.3. The van der Waals surface area contributed by atoms with Crippen molar-refractivity contribution < 1.29 is 19.5 Å². The van der Waals surface area contributed by atoms with Crippen molar-refractivity contribution in [3.63, 3.8) is 0 Å². The minimum absolute atomic E-state index is 0.0648. The molecule has 0 aliphatic rings. The number of carboxylic acids is 1. The number of carbonyl (C=O) groups is 3. The number of rotatable bonds is 5. The molecule has 17 heavy (non-hydrogen) atoms. The molecule has 1 aromatic rings. The van der Waals surface area contributed by atoms with Crippen LogP contribution in [0.3, 0.4) is 0 Å². The molecule has 8 heteroatoms. The fraction of sp³-hybridized carbons (Fsp3) is 0.333. The Hall–Kier alpha value is -2.38. The van der Waals surface area contributed by atoms with Gasteiger partial charge in [-0.25, -0.2) is 4.98 Å². The minimum atomic E-state index is -1.23. The van der Waals surface area contributed by atoms with Crippen molar-refractivity contribution in [2.75, 3.05) is 13.1 Å². The van der Waals surface area contributed by atoms with Crippen LogP contribution in [0.4, 0.5) is 0 Å². The first kappa shape index (κ1) is 12.7. The summed E-state index contributed by atoms with van der Waals surface area (Å²) in [6, 6.07) is 0. The summed E-state index contributed by atoms with van der Waals surface area (Å²) in [7, 11) is 1.67. The Labute approximate surface area is 96.6 Å². The summed E-state index contributed by atoms with van der Waals surface area (Å²) >= 11 is 0. The van der Waals surface area contributed by atoms with Gasteiger partial charge < -0.3 is 20.3 Å². The van der Waals surface area contributed by atoms with Gasteiger partial charge in [0.15, 0.2) is 0 Å². The van der Waals surface area contributed by atoms with Crippen LogP contribution in [0.2, 0.25) is 0 Å². The maximum absolute atomic E-state index is 11.8.